The lowest BCUT2D eigenvalue weighted by atomic mass is 9.94. The second kappa shape index (κ2) is 7.36. The van der Waals surface area contributed by atoms with E-state index in [9.17, 15) is 4.79 Å². The molecule has 0 bridgehead atoms. The molecule has 4 heteroatoms. The number of allylic oxidation sites excluding steroid dienone is 1. The van der Waals surface area contributed by atoms with Crippen molar-refractivity contribution in [3.8, 4) is 5.75 Å². The first kappa shape index (κ1) is 15.0. The molecule has 0 saturated carbocycles. The zero-order valence-electron chi connectivity index (χ0n) is 11.5. The number of aldehydes is 1. The highest BCUT2D eigenvalue weighted by Crippen LogP contribution is 2.22. The van der Waals surface area contributed by atoms with Crippen LogP contribution in [0.4, 0.5) is 0 Å². The Bertz CT molecular complexity index is 464. The van der Waals surface area contributed by atoms with Gasteiger partial charge in [-0.05, 0) is 43.8 Å². The van der Waals surface area contributed by atoms with Crippen molar-refractivity contribution in [2.24, 2.45) is 10.7 Å². The summed E-state index contributed by atoms with van der Waals surface area (Å²) in [6, 6.07) is 7.32. The highest BCUT2D eigenvalue weighted by atomic mass is 16.5. The van der Waals surface area contributed by atoms with E-state index in [1.165, 1.54) is 6.20 Å². The number of benzene rings is 1. The molecule has 0 spiro atoms. The Morgan fingerprint density at radius 1 is 1.37 bits per heavy atom. The third kappa shape index (κ3) is 4.25. The minimum absolute atomic E-state index is 0.137. The quantitative estimate of drug-likeness (QED) is 0.630. The molecular weight excluding hydrogens is 240 g/mol. The molecule has 1 aromatic rings. The SMILES string of the molecule is COc1ccc(C(C=O)C(C)N=C(C)C=CN)cc1. The Hall–Kier alpha value is -2.10. The van der Waals surface area contributed by atoms with Crippen molar-refractivity contribution in [2.45, 2.75) is 25.8 Å². The lowest BCUT2D eigenvalue weighted by molar-refractivity contribution is -0.109. The van der Waals surface area contributed by atoms with Gasteiger partial charge in [-0.2, -0.15) is 0 Å². The maximum atomic E-state index is 11.3. The van der Waals surface area contributed by atoms with Crippen molar-refractivity contribution in [3.63, 3.8) is 0 Å². The van der Waals surface area contributed by atoms with Crippen molar-refractivity contribution in [2.75, 3.05) is 7.11 Å². The maximum Gasteiger partial charge on any atom is 0.129 e. The summed E-state index contributed by atoms with van der Waals surface area (Å²) in [5, 5.41) is 0. The predicted octanol–water partition coefficient (Wildman–Crippen LogP) is 2.30. The smallest absolute Gasteiger partial charge is 0.129 e. The van der Waals surface area contributed by atoms with Gasteiger partial charge in [-0.15, -0.1) is 0 Å². The summed E-state index contributed by atoms with van der Waals surface area (Å²) >= 11 is 0. The van der Waals surface area contributed by atoms with E-state index in [0.717, 1.165) is 23.3 Å². The third-order valence-corrected chi connectivity index (χ3v) is 2.91. The van der Waals surface area contributed by atoms with Gasteiger partial charge in [-0.3, -0.25) is 4.99 Å². The fourth-order valence-corrected chi connectivity index (χ4v) is 1.88. The highest BCUT2D eigenvalue weighted by molar-refractivity contribution is 5.92. The van der Waals surface area contributed by atoms with Crippen molar-refractivity contribution in [1.82, 2.24) is 0 Å². The van der Waals surface area contributed by atoms with Crippen molar-refractivity contribution in [3.05, 3.63) is 42.1 Å². The van der Waals surface area contributed by atoms with Gasteiger partial charge in [0.05, 0.1) is 19.1 Å². The molecule has 4 nitrogen and oxygen atoms in total. The number of methoxy groups -OCH3 is 1. The monoisotopic (exact) mass is 260 g/mol. The van der Waals surface area contributed by atoms with E-state index in [4.69, 9.17) is 10.5 Å². The van der Waals surface area contributed by atoms with Crippen molar-refractivity contribution < 1.29 is 9.53 Å². The van der Waals surface area contributed by atoms with Crippen LogP contribution in [-0.4, -0.2) is 25.1 Å². The Kier molecular flexibility index (Phi) is 5.79. The Labute approximate surface area is 114 Å². The number of hydrogen-bond donors (Lipinski definition) is 1. The molecular formula is C15H20N2O2. The van der Waals surface area contributed by atoms with E-state index < -0.39 is 0 Å². The zero-order valence-corrected chi connectivity index (χ0v) is 11.5. The van der Waals surface area contributed by atoms with E-state index in [-0.39, 0.29) is 12.0 Å². The lowest BCUT2D eigenvalue weighted by Gasteiger charge is -2.16. The Morgan fingerprint density at radius 3 is 2.47 bits per heavy atom. The van der Waals surface area contributed by atoms with E-state index in [0.29, 0.717) is 0 Å². The number of ether oxygens (including phenoxy) is 1. The lowest BCUT2D eigenvalue weighted by Crippen LogP contribution is -2.16. The van der Waals surface area contributed by atoms with Gasteiger partial charge in [0.2, 0.25) is 0 Å². The summed E-state index contributed by atoms with van der Waals surface area (Å²) in [6.07, 6.45) is 4.08. The number of rotatable bonds is 6. The minimum Gasteiger partial charge on any atom is -0.497 e. The van der Waals surface area contributed by atoms with E-state index in [1.807, 2.05) is 38.1 Å². The molecule has 1 aromatic carbocycles. The van der Waals surface area contributed by atoms with E-state index in [2.05, 4.69) is 4.99 Å². The largest absolute Gasteiger partial charge is 0.497 e. The Balaban J connectivity index is 2.92. The fourth-order valence-electron chi connectivity index (χ4n) is 1.88. The first-order valence-electron chi connectivity index (χ1n) is 6.14. The van der Waals surface area contributed by atoms with E-state index >= 15 is 0 Å². The van der Waals surface area contributed by atoms with Gasteiger partial charge >= 0.3 is 0 Å². The molecule has 0 fully saturated rings. The van der Waals surface area contributed by atoms with Crippen LogP contribution in [0.1, 0.15) is 25.3 Å². The van der Waals surface area contributed by atoms with Crippen LogP contribution in [0.15, 0.2) is 41.5 Å². The number of carbonyl (C=O) groups excluding carboxylic acids is 1. The van der Waals surface area contributed by atoms with Crippen LogP contribution in [0.3, 0.4) is 0 Å². The molecule has 0 aliphatic carbocycles. The third-order valence-electron chi connectivity index (χ3n) is 2.91. The molecule has 0 heterocycles. The van der Waals surface area contributed by atoms with Crippen LogP contribution in [0.2, 0.25) is 0 Å². The predicted molar refractivity (Wildman–Crippen MR) is 77.7 cm³/mol. The number of nitrogens with two attached hydrogens (primary N) is 1. The molecule has 19 heavy (non-hydrogen) atoms. The summed E-state index contributed by atoms with van der Waals surface area (Å²) < 4.78 is 5.10. The van der Waals surface area contributed by atoms with Crippen molar-refractivity contribution in [1.29, 1.82) is 0 Å². The van der Waals surface area contributed by atoms with Gasteiger partial charge in [0.15, 0.2) is 0 Å². The van der Waals surface area contributed by atoms with Crippen LogP contribution < -0.4 is 10.5 Å². The molecule has 2 N–H and O–H groups in total. The van der Waals surface area contributed by atoms with Crippen LogP contribution >= 0.6 is 0 Å². The van der Waals surface area contributed by atoms with Crippen LogP contribution in [-0.2, 0) is 4.79 Å². The van der Waals surface area contributed by atoms with Crippen LogP contribution in [0, 0.1) is 0 Å². The molecule has 0 amide bonds. The molecule has 102 valence electrons. The average molecular weight is 260 g/mol. The second-order valence-corrected chi connectivity index (χ2v) is 4.31. The summed E-state index contributed by atoms with van der Waals surface area (Å²) in [6.45, 7) is 3.77. The first-order chi connectivity index (χ1) is 9.12. The maximum absolute atomic E-state index is 11.3. The number of aliphatic imine (C=N–C) groups is 1. The number of carbonyl (C=O) groups is 1. The van der Waals surface area contributed by atoms with E-state index in [1.54, 1.807) is 13.2 Å². The summed E-state index contributed by atoms with van der Waals surface area (Å²) in [7, 11) is 1.61. The van der Waals surface area contributed by atoms with Gasteiger partial charge in [0.1, 0.15) is 12.0 Å². The van der Waals surface area contributed by atoms with Gasteiger partial charge in [-0.25, -0.2) is 0 Å². The molecule has 0 aliphatic heterocycles. The van der Waals surface area contributed by atoms with Gasteiger partial charge in [0.25, 0.3) is 0 Å². The van der Waals surface area contributed by atoms with Gasteiger partial charge in [-0.1, -0.05) is 12.1 Å². The topological polar surface area (TPSA) is 64.7 Å². The minimum atomic E-state index is -0.271. The standard InChI is InChI=1S/C15H20N2O2/c1-11(8-9-16)17-12(2)15(10-18)13-4-6-14(19-3)7-5-13/h4-10,12,15H,16H2,1-3H3. The van der Waals surface area contributed by atoms with Crippen molar-refractivity contribution >= 4 is 12.0 Å². The number of nitrogens with zero attached hydrogens (tertiary/aromatic N) is 1. The van der Waals surface area contributed by atoms with Crippen LogP contribution in [0.5, 0.6) is 5.75 Å². The first-order valence-corrected chi connectivity index (χ1v) is 6.14. The fraction of sp³-hybridized carbons (Fsp3) is 0.333. The Morgan fingerprint density at radius 2 is 2.00 bits per heavy atom. The molecule has 0 aliphatic rings. The second-order valence-electron chi connectivity index (χ2n) is 4.31. The molecule has 1 rings (SSSR count). The van der Waals surface area contributed by atoms with Crippen LogP contribution in [0.25, 0.3) is 0 Å². The average Bonchev–Trinajstić information content (AvgIpc) is 2.40. The summed E-state index contributed by atoms with van der Waals surface area (Å²) in [4.78, 5) is 15.7. The molecule has 0 saturated heterocycles. The summed E-state index contributed by atoms with van der Waals surface area (Å²) in [5.41, 5.74) is 7.04. The zero-order chi connectivity index (χ0) is 14.3. The molecule has 2 atom stereocenters. The number of hydrogen-bond acceptors (Lipinski definition) is 4. The normalized spacial score (nSPS) is 15.2. The molecule has 0 aromatic heterocycles. The van der Waals surface area contributed by atoms with Gasteiger partial charge < -0.3 is 15.3 Å². The highest BCUT2D eigenvalue weighted by Gasteiger charge is 2.18. The van der Waals surface area contributed by atoms with Gasteiger partial charge in [0, 0.05) is 5.71 Å². The molecule has 0 radical (unpaired) electrons. The summed E-state index contributed by atoms with van der Waals surface area (Å²) in [5.74, 6) is 0.499. The molecule has 2 unspecified atom stereocenters.